The van der Waals surface area contributed by atoms with Crippen molar-refractivity contribution >= 4 is 17.7 Å². The van der Waals surface area contributed by atoms with Gasteiger partial charge in [-0.2, -0.15) is 0 Å². The van der Waals surface area contributed by atoms with E-state index in [1.165, 1.54) is 6.42 Å². The summed E-state index contributed by atoms with van der Waals surface area (Å²) in [7, 11) is 0. The van der Waals surface area contributed by atoms with Gasteiger partial charge < -0.3 is 5.11 Å². The first-order valence-electron chi connectivity index (χ1n) is 4.76. The molecule has 74 valence electrons. The largest absolute Gasteiger partial charge is 0.480 e. The molecule has 1 saturated carbocycles. The van der Waals surface area contributed by atoms with Gasteiger partial charge in [-0.25, -0.2) is 0 Å². The number of carboxylic acid groups (broad SMARTS) is 1. The smallest absolute Gasteiger partial charge is 0.321 e. The zero-order valence-corrected chi connectivity index (χ0v) is 8.56. The summed E-state index contributed by atoms with van der Waals surface area (Å²) in [6.07, 6.45) is 3.48. The van der Waals surface area contributed by atoms with Crippen LogP contribution < -0.4 is 5.32 Å². The van der Waals surface area contributed by atoms with Crippen molar-refractivity contribution in [3.8, 4) is 0 Å². The quantitative estimate of drug-likeness (QED) is 0.671. The predicted octanol–water partition coefficient (Wildman–Crippen LogP) is 1.29. The van der Waals surface area contributed by atoms with E-state index in [1.54, 1.807) is 11.8 Å². The van der Waals surface area contributed by atoms with Gasteiger partial charge in [0.25, 0.3) is 0 Å². The van der Waals surface area contributed by atoms with E-state index >= 15 is 0 Å². The SMILES string of the molecule is CC1CCC2(C1)NC(C(=O)O)CS2. The Labute approximate surface area is 82.3 Å². The average Bonchev–Trinajstić information content (AvgIpc) is 2.61. The lowest BCUT2D eigenvalue weighted by Crippen LogP contribution is -2.43. The van der Waals surface area contributed by atoms with Gasteiger partial charge >= 0.3 is 5.97 Å². The van der Waals surface area contributed by atoms with Crippen molar-refractivity contribution in [2.75, 3.05) is 5.75 Å². The fourth-order valence-electron chi connectivity index (χ4n) is 2.29. The van der Waals surface area contributed by atoms with E-state index in [2.05, 4.69) is 12.2 Å². The molecule has 0 aromatic rings. The highest BCUT2D eigenvalue weighted by molar-refractivity contribution is 8.01. The molecule has 3 unspecified atom stereocenters. The molecule has 2 fully saturated rings. The molecule has 0 amide bonds. The third-order valence-electron chi connectivity index (χ3n) is 2.98. The van der Waals surface area contributed by atoms with Crippen molar-refractivity contribution in [3.63, 3.8) is 0 Å². The molecule has 1 aliphatic heterocycles. The second-order valence-electron chi connectivity index (χ2n) is 4.19. The molecule has 13 heavy (non-hydrogen) atoms. The number of thioether (sulfide) groups is 1. The van der Waals surface area contributed by atoms with Gasteiger partial charge in [-0.15, -0.1) is 11.8 Å². The van der Waals surface area contributed by atoms with Crippen molar-refractivity contribution < 1.29 is 9.90 Å². The summed E-state index contributed by atoms with van der Waals surface area (Å²) in [4.78, 5) is 10.8. The summed E-state index contributed by atoms with van der Waals surface area (Å²) >= 11 is 1.80. The van der Waals surface area contributed by atoms with Gasteiger partial charge in [0.05, 0.1) is 4.87 Å². The lowest BCUT2D eigenvalue weighted by molar-refractivity contribution is -0.138. The van der Waals surface area contributed by atoms with E-state index < -0.39 is 5.97 Å². The minimum atomic E-state index is -0.705. The zero-order valence-electron chi connectivity index (χ0n) is 7.75. The maximum atomic E-state index is 10.7. The van der Waals surface area contributed by atoms with Gasteiger partial charge in [0, 0.05) is 5.75 Å². The Balaban J connectivity index is 2.01. The summed E-state index contributed by atoms with van der Waals surface area (Å²) in [5.74, 6) is 0.763. The standard InChI is InChI=1S/C9H15NO2S/c1-6-2-3-9(4-6)10-7(5-13-9)8(11)12/h6-7,10H,2-5H2,1H3,(H,11,12). The molecular formula is C9H15NO2S. The van der Waals surface area contributed by atoms with E-state index in [0.29, 0.717) is 0 Å². The molecule has 0 bridgehead atoms. The van der Waals surface area contributed by atoms with Crippen LogP contribution in [-0.2, 0) is 4.79 Å². The Morgan fingerprint density at radius 3 is 2.92 bits per heavy atom. The molecule has 1 aliphatic carbocycles. The van der Waals surface area contributed by atoms with Crippen LogP contribution in [0.25, 0.3) is 0 Å². The lowest BCUT2D eigenvalue weighted by Gasteiger charge is -2.23. The van der Waals surface area contributed by atoms with Crippen LogP contribution in [-0.4, -0.2) is 27.7 Å². The first-order valence-corrected chi connectivity index (χ1v) is 5.74. The zero-order chi connectivity index (χ0) is 9.47. The molecule has 0 aromatic carbocycles. The highest BCUT2D eigenvalue weighted by Crippen LogP contribution is 2.45. The van der Waals surface area contributed by atoms with Gasteiger partial charge in [0.1, 0.15) is 6.04 Å². The Morgan fingerprint density at radius 1 is 1.69 bits per heavy atom. The monoisotopic (exact) mass is 201 g/mol. The van der Waals surface area contributed by atoms with Crippen LogP contribution in [0.2, 0.25) is 0 Å². The highest BCUT2D eigenvalue weighted by atomic mass is 32.2. The molecule has 0 radical (unpaired) electrons. The van der Waals surface area contributed by atoms with E-state index in [-0.39, 0.29) is 10.9 Å². The van der Waals surface area contributed by atoms with Crippen LogP contribution >= 0.6 is 11.8 Å². The molecule has 1 saturated heterocycles. The third-order valence-corrected chi connectivity index (χ3v) is 4.52. The van der Waals surface area contributed by atoms with Crippen LogP contribution in [0.4, 0.5) is 0 Å². The Hall–Kier alpha value is -0.220. The second kappa shape index (κ2) is 3.17. The van der Waals surface area contributed by atoms with Gasteiger partial charge in [-0.1, -0.05) is 6.92 Å². The minimum absolute atomic E-state index is 0.0997. The van der Waals surface area contributed by atoms with Gasteiger partial charge in [-0.3, -0.25) is 10.1 Å². The Bertz CT molecular complexity index is 234. The number of hydrogen-bond donors (Lipinski definition) is 2. The van der Waals surface area contributed by atoms with Crippen molar-refractivity contribution in [1.29, 1.82) is 0 Å². The van der Waals surface area contributed by atoms with Crippen molar-refractivity contribution in [2.24, 2.45) is 5.92 Å². The van der Waals surface area contributed by atoms with Gasteiger partial charge in [0.15, 0.2) is 0 Å². The molecule has 3 nitrogen and oxygen atoms in total. The van der Waals surface area contributed by atoms with E-state index in [9.17, 15) is 4.79 Å². The summed E-state index contributed by atoms with van der Waals surface area (Å²) < 4.78 is 0. The van der Waals surface area contributed by atoms with Crippen LogP contribution in [0.15, 0.2) is 0 Å². The lowest BCUT2D eigenvalue weighted by atomic mass is 10.1. The highest BCUT2D eigenvalue weighted by Gasteiger charge is 2.45. The van der Waals surface area contributed by atoms with Crippen molar-refractivity contribution in [2.45, 2.75) is 37.1 Å². The molecule has 0 aromatic heterocycles. The molecule has 2 rings (SSSR count). The van der Waals surface area contributed by atoms with Crippen LogP contribution in [0.5, 0.6) is 0 Å². The van der Waals surface area contributed by atoms with E-state index in [1.807, 2.05) is 0 Å². The number of carbonyl (C=O) groups is 1. The Kier molecular flexibility index (Phi) is 2.28. The normalized spacial score (nSPS) is 44.4. The summed E-state index contributed by atoms with van der Waals surface area (Å²) in [6, 6.07) is -0.324. The molecule has 4 heteroatoms. The molecule has 3 atom stereocenters. The number of aliphatic carboxylic acids is 1. The fourth-order valence-corrected chi connectivity index (χ4v) is 3.89. The first kappa shape index (κ1) is 9.34. The minimum Gasteiger partial charge on any atom is -0.480 e. The molecular weight excluding hydrogens is 186 g/mol. The predicted molar refractivity (Wildman–Crippen MR) is 52.8 cm³/mol. The van der Waals surface area contributed by atoms with Crippen LogP contribution in [0.1, 0.15) is 26.2 Å². The maximum absolute atomic E-state index is 10.7. The molecule has 1 heterocycles. The fraction of sp³-hybridized carbons (Fsp3) is 0.889. The summed E-state index contributed by atoms with van der Waals surface area (Å²) in [6.45, 7) is 2.24. The van der Waals surface area contributed by atoms with Gasteiger partial charge in [-0.05, 0) is 25.2 Å². The number of carboxylic acids is 1. The summed E-state index contributed by atoms with van der Waals surface area (Å²) in [5, 5.41) is 12.1. The van der Waals surface area contributed by atoms with E-state index in [0.717, 1.165) is 24.5 Å². The second-order valence-corrected chi connectivity index (χ2v) is 5.59. The molecule has 2 N–H and O–H groups in total. The third kappa shape index (κ3) is 1.70. The topological polar surface area (TPSA) is 49.3 Å². The van der Waals surface area contributed by atoms with Crippen molar-refractivity contribution in [3.05, 3.63) is 0 Å². The van der Waals surface area contributed by atoms with Gasteiger partial charge in [0.2, 0.25) is 0 Å². The van der Waals surface area contributed by atoms with Crippen LogP contribution in [0, 0.1) is 5.92 Å². The van der Waals surface area contributed by atoms with Crippen molar-refractivity contribution in [1.82, 2.24) is 5.32 Å². The maximum Gasteiger partial charge on any atom is 0.321 e. The van der Waals surface area contributed by atoms with E-state index in [4.69, 9.17) is 5.11 Å². The molecule has 2 aliphatic rings. The van der Waals surface area contributed by atoms with Crippen LogP contribution in [0.3, 0.4) is 0 Å². The number of nitrogens with one attached hydrogen (secondary N) is 1. The molecule has 1 spiro atoms. The number of hydrogen-bond acceptors (Lipinski definition) is 3. The summed E-state index contributed by atoms with van der Waals surface area (Å²) in [5.41, 5.74) is 0. The Morgan fingerprint density at radius 2 is 2.46 bits per heavy atom. The average molecular weight is 201 g/mol. The number of rotatable bonds is 1. The first-order chi connectivity index (χ1) is 6.11.